The van der Waals surface area contributed by atoms with E-state index in [1.165, 1.54) is 20.0 Å². The number of carbonyl (C=O) groups is 2. The molecule has 1 aliphatic rings. The van der Waals surface area contributed by atoms with Crippen LogP contribution in [0.25, 0.3) is 0 Å². The minimum Gasteiger partial charge on any atom is -0.496 e. The van der Waals surface area contributed by atoms with Gasteiger partial charge in [0.25, 0.3) is 5.91 Å². The Bertz CT molecular complexity index is 798. The lowest BCUT2D eigenvalue weighted by atomic mass is 10.2. The minimum absolute atomic E-state index is 0.278. The highest BCUT2D eigenvalue weighted by Gasteiger charge is 2.24. The van der Waals surface area contributed by atoms with E-state index in [0.29, 0.717) is 35.3 Å². The molecule has 1 N–H and O–H groups in total. The van der Waals surface area contributed by atoms with E-state index in [9.17, 15) is 9.59 Å². The zero-order valence-corrected chi connectivity index (χ0v) is 15.4. The zero-order valence-electron chi connectivity index (χ0n) is 15.4. The third-order valence-corrected chi connectivity index (χ3v) is 4.29. The molecule has 1 fully saturated rings. The summed E-state index contributed by atoms with van der Waals surface area (Å²) in [6.07, 6.45) is 1.74. The van der Waals surface area contributed by atoms with E-state index in [1.54, 1.807) is 55.5 Å². The van der Waals surface area contributed by atoms with Crippen molar-refractivity contribution in [3.8, 4) is 11.5 Å². The number of para-hydroxylation sites is 1. The SMILES string of the molecule is COc1ccccc1C(=O)Nc1ccc(OC(=O)C(C)OCC2CC2)cc1. The van der Waals surface area contributed by atoms with Crippen molar-refractivity contribution in [1.82, 2.24) is 0 Å². The van der Waals surface area contributed by atoms with Crippen LogP contribution in [-0.2, 0) is 9.53 Å². The molecule has 1 saturated carbocycles. The third kappa shape index (κ3) is 5.31. The smallest absolute Gasteiger partial charge is 0.340 e. The van der Waals surface area contributed by atoms with Gasteiger partial charge in [-0.25, -0.2) is 4.79 Å². The quantitative estimate of drug-likeness (QED) is 0.568. The summed E-state index contributed by atoms with van der Waals surface area (Å²) in [5.74, 6) is 0.782. The summed E-state index contributed by atoms with van der Waals surface area (Å²) in [6, 6.07) is 13.6. The second-order valence-corrected chi connectivity index (χ2v) is 6.52. The number of methoxy groups -OCH3 is 1. The van der Waals surface area contributed by atoms with Gasteiger partial charge >= 0.3 is 5.97 Å². The number of hydrogen-bond acceptors (Lipinski definition) is 5. The number of anilines is 1. The van der Waals surface area contributed by atoms with E-state index in [2.05, 4.69) is 5.32 Å². The van der Waals surface area contributed by atoms with Crippen LogP contribution in [0.3, 0.4) is 0 Å². The molecule has 6 heteroatoms. The van der Waals surface area contributed by atoms with Crippen LogP contribution in [0.1, 0.15) is 30.1 Å². The van der Waals surface area contributed by atoms with Crippen molar-refractivity contribution < 1.29 is 23.8 Å². The first-order valence-corrected chi connectivity index (χ1v) is 8.94. The Labute approximate surface area is 158 Å². The summed E-state index contributed by atoms with van der Waals surface area (Å²) in [5.41, 5.74) is 1.03. The fourth-order valence-corrected chi connectivity index (χ4v) is 2.47. The van der Waals surface area contributed by atoms with Gasteiger partial charge in [-0.1, -0.05) is 12.1 Å². The lowest BCUT2D eigenvalue weighted by Crippen LogP contribution is -2.26. The summed E-state index contributed by atoms with van der Waals surface area (Å²) in [7, 11) is 1.52. The Kier molecular flexibility index (Phi) is 6.08. The molecule has 6 nitrogen and oxygen atoms in total. The van der Waals surface area contributed by atoms with Gasteiger partial charge in [0, 0.05) is 5.69 Å². The normalized spacial score (nSPS) is 14.3. The molecule has 0 radical (unpaired) electrons. The van der Waals surface area contributed by atoms with Crippen LogP contribution in [0.4, 0.5) is 5.69 Å². The van der Waals surface area contributed by atoms with Crippen LogP contribution >= 0.6 is 0 Å². The van der Waals surface area contributed by atoms with Crippen LogP contribution in [0.2, 0.25) is 0 Å². The largest absolute Gasteiger partial charge is 0.496 e. The Hall–Kier alpha value is -2.86. The molecule has 3 rings (SSSR count). The molecule has 0 aliphatic heterocycles. The number of ether oxygens (including phenoxy) is 3. The number of amides is 1. The molecule has 1 aliphatic carbocycles. The molecule has 1 atom stereocenters. The van der Waals surface area contributed by atoms with Crippen molar-refractivity contribution in [1.29, 1.82) is 0 Å². The molecule has 142 valence electrons. The van der Waals surface area contributed by atoms with Gasteiger partial charge in [0.1, 0.15) is 11.5 Å². The average molecular weight is 369 g/mol. The first kappa shape index (κ1) is 18.9. The fourth-order valence-electron chi connectivity index (χ4n) is 2.47. The summed E-state index contributed by atoms with van der Waals surface area (Å²) >= 11 is 0. The maximum absolute atomic E-state index is 12.4. The number of esters is 1. The number of benzene rings is 2. The van der Waals surface area contributed by atoms with E-state index in [1.807, 2.05) is 0 Å². The monoisotopic (exact) mass is 369 g/mol. The van der Waals surface area contributed by atoms with Gasteiger partial charge in [0.05, 0.1) is 19.3 Å². The number of carbonyl (C=O) groups excluding carboxylic acids is 2. The van der Waals surface area contributed by atoms with Gasteiger partial charge < -0.3 is 19.5 Å². The maximum atomic E-state index is 12.4. The van der Waals surface area contributed by atoms with Crippen LogP contribution in [0.15, 0.2) is 48.5 Å². The molecule has 1 amide bonds. The van der Waals surface area contributed by atoms with Crippen molar-refractivity contribution >= 4 is 17.6 Å². The highest BCUT2D eigenvalue weighted by molar-refractivity contribution is 6.06. The highest BCUT2D eigenvalue weighted by Crippen LogP contribution is 2.29. The molecule has 0 saturated heterocycles. The predicted molar refractivity (Wildman–Crippen MR) is 101 cm³/mol. The number of rotatable bonds is 8. The van der Waals surface area contributed by atoms with E-state index in [0.717, 1.165) is 0 Å². The molecule has 1 unspecified atom stereocenters. The van der Waals surface area contributed by atoms with E-state index >= 15 is 0 Å². The maximum Gasteiger partial charge on any atom is 0.340 e. The summed E-state index contributed by atoms with van der Waals surface area (Å²) in [5, 5.41) is 2.79. The van der Waals surface area contributed by atoms with Crippen LogP contribution in [0.5, 0.6) is 11.5 Å². The molecule has 2 aromatic rings. The van der Waals surface area contributed by atoms with Gasteiger partial charge in [-0.15, -0.1) is 0 Å². The molecular weight excluding hydrogens is 346 g/mol. The average Bonchev–Trinajstić information content (AvgIpc) is 3.52. The van der Waals surface area contributed by atoms with Gasteiger partial charge in [-0.2, -0.15) is 0 Å². The van der Waals surface area contributed by atoms with Crippen molar-refractivity contribution in [2.75, 3.05) is 19.0 Å². The Morgan fingerprint density at radius 2 is 1.81 bits per heavy atom. The lowest BCUT2D eigenvalue weighted by Gasteiger charge is -2.13. The number of nitrogens with one attached hydrogen (secondary N) is 1. The summed E-state index contributed by atoms with van der Waals surface area (Å²) in [6.45, 7) is 2.29. The standard InChI is InChI=1S/C21H23NO5/c1-14(26-13-15-7-8-15)21(24)27-17-11-9-16(10-12-17)22-20(23)18-5-3-4-6-19(18)25-2/h3-6,9-12,14-15H,7-8,13H2,1-2H3,(H,22,23). The van der Waals surface area contributed by atoms with Gasteiger partial charge in [0.2, 0.25) is 0 Å². The van der Waals surface area contributed by atoms with Crippen molar-refractivity contribution in [2.45, 2.75) is 25.9 Å². The van der Waals surface area contributed by atoms with Crippen molar-refractivity contribution in [3.05, 3.63) is 54.1 Å². The van der Waals surface area contributed by atoms with Crippen LogP contribution < -0.4 is 14.8 Å². The van der Waals surface area contributed by atoms with Crippen LogP contribution in [0, 0.1) is 5.92 Å². The Balaban J connectivity index is 1.55. The van der Waals surface area contributed by atoms with Crippen molar-refractivity contribution in [2.24, 2.45) is 5.92 Å². The molecule has 0 aromatic heterocycles. The molecule has 2 aromatic carbocycles. The summed E-state index contributed by atoms with van der Waals surface area (Å²) in [4.78, 5) is 24.4. The highest BCUT2D eigenvalue weighted by atomic mass is 16.6. The first-order chi connectivity index (χ1) is 13.1. The predicted octanol–water partition coefficient (Wildman–Crippen LogP) is 3.67. The molecule has 27 heavy (non-hydrogen) atoms. The second kappa shape index (κ2) is 8.68. The van der Waals surface area contributed by atoms with Crippen LogP contribution in [-0.4, -0.2) is 31.7 Å². The third-order valence-electron chi connectivity index (χ3n) is 4.29. The van der Waals surface area contributed by atoms with Gasteiger partial charge in [0.15, 0.2) is 6.10 Å². The van der Waals surface area contributed by atoms with Gasteiger partial charge in [-0.05, 0) is 62.1 Å². The minimum atomic E-state index is -0.601. The first-order valence-electron chi connectivity index (χ1n) is 8.94. The second-order valence-electron chi connectivity index (χ2n) is 6.52. The Morgan fingerprint density at radius 1 is 1.11 bits per heavy atom. The topological polar surface area (TPSA) is 73.9 Å². The Morgan fingerprint density at radius 3 is 2.48 bits per heavy atom. The molecular formula is C21H23NO5. The van der Waals surface area contributed by atoms with Gasteiger partial charge in [-0.3, -0.25) is 4.79 Å². The molecule has 0 spiro atoms. The van der Waals surface area contributed by atoms with E-state index in [4.69, 9.17) is 14.2 Å². The van der Waals surface area contributed by atoms with E-state index in [-0.39, 0.29) is 5.91 Å². The van der Waals surface area contributed by atoms with Crippen molar-refractivity contribution in [3.63, 3.8) is 0 Å². The zero-order chi connectivity index (χ0) is 19.2. The fraction of sp³-hybridized carbons (Fsp3) is 0.333. The summed E-state index contributed by atoms with van der Waals surface area (Å²) < 4.78 is 16.0. The van der Waals surface area contributed by atoms with E-state index < -0.39 is 12.1 Å². The lowest BCUT2D eigenvalue weighted by molar-refractivity contribution is -0.146. The number of hydrogen-bond donors (Lipinski definition) is 1. The molecule has 0 heterocycles. The molecule has 0 bridgehead atoms.